The van der Waals surface area contributed by atoms with E-state index in [2.05, 4.69) is 13.0 Å². The Bertz CT molecular complexity index is 630. The number of hydrogen-bond acceptors (Lipinski definition) is 4. The van der Waals surface area contributed by atoms with Crippen molar-refractivity contribution in [3.8, 4) is 6.07 Å². The summed E-state index contributed by atoms with van der Waals surface area (Å²) in [6.45, 7) is 2.21. The zero-order valence-electron chi connectivity index (χ0n) is 12.0. The van der Waals surface area contributed by atoms with Gasteiger partial charge in [0.15, 0.2) is 9.84 Å². The van der Waals surface area contributed by atoms with Crippen LogP contribution in [0.25, 0.3) is 0 Å². The Kier molecular flexibility index (Phi) is 3.90. The Morgan fingerprint density at radius 1 is 1.35 bits per heavy atom. The summed E-state index contributed by atoms with van der Waals surface area (Å²) in [4.78, 5) is 0. The predicted octanol–water partition coefficient (Wildman–Crippen LogP) is 1.92. The summed E-state index contributed by atoms with van der Waals surface area (Å²) in [6, 6.07) is 10.0. The molecule has 0 heterocycles. The van der Waals surface area contributed by atoms with Crippen LogP contribution in [0.5, 0.6) is 0 Å². The molecule has 3 atom stereocenters. The number of benzene rings is 1. The van der Waals surface area contributed by atoms with Crippen LogP contribution in [0.1, 0.15) is 24.0 Å². The van der Waals surface area contributed by atoms with Gasteiger partial charge >= 0.3 is 0 Å². The monoisotopic (exact) mass is 293 g/mol. The molecule has 1 saturated carbocycles. The first kappa shape index (κ1) is 15.0. The van der Waals surface area contributed by atoms with E-state index in [1.807, 2.05) is 24.3 Å². The third kappa shape index (κ3) is 2.34. The summed E-state index contributed by atoms with van der Waals surface area (Å²) < 4.78 is 29.0. The predicted molar refractivity (Wildman–Crippen MR) is 77.1 cm³/mol. The summed E-state index contributed by atoms with van der Waals surface area (Å²) in [5.74, 6) is -0.298. The molecule has 1 fully saturated rings. The fourth-order valence-corrected chi connectivity index (χ4v) is 4.89. The lowest BCUT2D eigenvalue weighted by atomic mass is 10.00. The average Bonchev–Trinajstić information content (AvgIpc) is 3.09. The van der Waals surface area contributed by atoms with Crippen molar-refractivity contribution in [2.24, 2.45) is 5.41 Å². The van der Waals surface area contributed by atoms with Gasteiger partial charge in [0, 0.05) is 19.3 Å². The second kappa shape index (κ2) is 5.19. The molecule has 1 aromatic rings. The summed E-state index contributed by atoms with van der Waals surface area (Å²) in [6.07, 6.45) is 2.13. The van der Waals surface area contributed by atoms with Gasteiger partial charge in [0.25, 0.3) is 0 Å². The van der Waals surface area contributed by atoms with Crippen LogP contribution in [-0.4, -0.2) is 33.6 Å². The quantitative estimate of drug-likeness (QED) is 0.831. The normalized spacial score (nSPS) is 28.9. The highest BCUT2D eigenvalue weighted by Crippen LogP contribution is 2.62. The molecule has 0 aliphatic heterocycles. The molecular formula is C15H19NO3S. The Morgan fingerprint density at radius 3 is 2.35 bits per heavy atom. The number of ether oxygens (including phenoxy) is 1. The van der Waals surface area contributed by atoms with Gasteiger partial charge in [-0.05, 0) is 17.5 Å². The zero-order chi connectivity index (χ0) is 15.0. The maximum atomic E-state index is 11.9. The molecule has 0 radical (unpaired) electrons. The Balaban J connectivity index is 2.41. The number of methoxy groups -OCH3 is 1. The van der Waals surface area contributed by atoms with Crippen molar-refractivity contribution in [1.82, 2.24) is 0 Å². The Labute approximate surface area is 120 Å². The van der Waals surface area contributed by atoms with E-state index in [9.17, 15) is 13.7 Å². The molecule has 20 heavy (non-hydrogen) atoms. The highest BCUT2D eigenvalue weighted by Gasteiger charge is 2.71. The first-order valence-corrected chi connectivity index (χ1v) is 8.54. The first-order valence-electron chi connectivity index (χ1n) is 6.58. The number of sulfone groups is 1. The first-order chi connectivity index (χ1) is 9.40. The fraction of sp³-hybridized carbons (Fsp3) is 0.533. The van der Waals surface area contributed by atoms with E-state index in [-0.39, 0.29) is 12.5 Å². The van der Waals surface area contributed by atoms with Gasteiger partial charge in [-0.15, -0.1) is 0 Å². The summed E-state index contributed by atoms with van der Waals surface area (Å²) in [5.41, 5.74) is 1.15. The van der Waals surface area contributed by atoms with Gasteiger partial charge in [0.2, 0.25) is 0 Å². The molecule has 108 valence electrons. The van der Waals surface area contributed by atoms with Gasteiger partial charge in [-0.2, -0.15) is 5.26 Å². The van der Waals surface area contributed by atoms with E-state index in [0.29, 0.717) is 0 Å². The third-order valence-electron chi connectivity index (χ3n) is 4.06. The van der Waals surface area contributed by atoms with Crippen molar-refractivity contribution in [2.45, 2.75) is 24.5 Å². The highest BCUT2D eigenvalue weighted by atomic mass is 32.2. The smallest absolute Gasteiger partial charge is 0.152 e. The lowest BCUT2D eigenvalue weighted by Gasteiger charge is -2.07. The topological polar surface area (TPSA) is 67.2 Å². The van der Waals surface area contributed by atoms with Gasteiger partial charge in [-0.1, -0.05) is 31.2 Å². The summed E-state index contributed by atoms with van der Waals surface area (Å²) >= 11 is 0. The van der Waals surface area contributed by atoms with Crippen molar-refractivity contribution in [3.63, 3.8) is 0 Å². The van der Waals surface area contributed by atoms with E-state index < -0.39 is 20.5 Å². The van der Waals surface area contributed by atoms with Crippen LogP contribution < -0.4 is 0 Å². The van der Waals surface area contributed by atoms with Crippen LogP contribution >= 0.6 is 0 Å². The van der Waals surface area contributed by atoms with Crippen LogP contribution in [-0.2, 0) is 21.0 Å². The minimum atomic E-state index is -3.29. The molecule has 0 spiro atoms. The second-order valence-electron chi connectivity index (χ2n) is 5.41. The molecule has 4 nitrogen and oxygen atoms in total. The standard InChI is InChI=1S/C15H19NO3S/c1-4-11-5-7-12(8-6-11)13-14(20(3,17)18)15(13,9-16)10-19-2/h5-8,13-14H,4,10H2,1-3H3. The SMILES string of the molecule is CCc1ccc(C2C(S(C)(=O)=O)C2(C#N)COC)cc1. The number of nitrogens with zero attached hydrogens (tertiary/aromatic N) is 1. The average molecular weight is 293 g/mol. The summed E-state index contributed by atoms with van der Waals surface area (Å²) in [5, 5.41) is 8.79. The molecule has 0 saturated heterocycles. The number of nitriles is 1. The Hall–Kier alpha value is -1.38. The molecule has 5 heteroatoms. The van der Waals surface area contributed by atoms with Gasteiger partial charge in [-0.25, -0.2) is 8.42 Å². The molecular weight excluding hydrogens is 274 g/mol. The van der Waals surface area contributed by atoms with Gasteiger partial charge in [-0.3, -0.25) is 0 Å². The van der Waals surface area contributed by atoms with E-state index in [4.69, 9.17) is 4.74 Å². The van der Waals surface area contributed by atoms with Gasteiger partial charge in [0.05, 0.1) is 17.9 Å². The lowest BCUT2D eigenvalue weighted by molar-refractivity contribution is 0.162. The fourth-order valence-electron chi connectivity index (χ4n) is 3.04. The molecule has 0 N–H and O–H groups in total. The molecule has 1 aliphatic carbocycles. The van der Waals surface area contributed by atoms with E-state index in [0.717, 1.165) is 12.0 Å². The van der Waals surface area contributed by atoms with Gasteiger partial charge < -0.3 is 4.74 Å². The van der Waals surface area contributed by atoms with E-state index in [1.165, 1.54) is 18.9 Å². The van der Waals surface area contributed by atoms with Crippen LogP contribution in [0.4, 0.5) is 0 Å². The van der Waals surface area contributed by atoms with Crippen molar-refractivity contribution >= 4 is 9.84 Å². The lowest BCUT2D eigenvalue weighted by Crippen LogP contribution is -2.17. The maximum absolute atomic E-state index is 11.9. The van der Waals surface area contributed by atoms with E-state index in [1.54, 1.807) is 0 Å². The van der Waals surface area contributed by atoms with E-state index >= 15 is 0 Å². The number of hydrogen-bond donors (Lipinski definition) is 0. The van der Waals surface area contributed by atoms with Crippen molar-refractivity contribution in [1.29, 1.82) is 5.26 Å². The number of rotatable bonds is 5. The van der Waals surface area contributed by atoms with Gasteiger partial charge in [0.1, 0.15) is 5.41 Å². The van der Waals surface area contributed by atoms with Crippen molar-refractivity contribution in [3.05, 3.63) is 35.4 Å². The zero-order valence-corrected chi connectivity index (χ0v) is 12.8. The van der Waals surface area contributed by atoms with Crippen LogP contribution in [0.15, 0.2) is 24.3 Å². The summed E-state index contributed by atoms with van der Waals surface area (Å²) in [7, 11) is -1.79. The highest BCUT2D eigenvalue weighted by molar-refractivity contribution is 7.91. The van der Waals surface area contributed by atoms with Crippen LogP contribution in [0, 0.1) is 16.7 Å². The molecule has 1 aromatic carbocycles. The van der Waals surface area contributed by atoms with Crippen LogP contribution in [0.3, 0.4) is 0 Å². The van der Waals surface area contributed by atoms with Crippen molar-refractivity contribution in [2.75, 3.05) is 20.0 Å². The second-order valence-corrected chi connectivity index (χ2v) is 7.58. The maximum Gasteiger partial charge on any atom is 0.152 e. The molecule has 2 rings (SSSR count). The molecule has 3 unspecified atom stereocenters. The van der Waals surface area contributed by atoms with Crippen LogP contribution in [0.2, 0.25) is 0 Å². The third-order valence-corrected chi connectivity index (χ3v) is 5.67. The number of aryl methyl sites for hydroxylation is 1. The molecule has 0 bridgehead atoms. The molecule has 0 aromatic heterocycles. The largest absolute Gasteiger partial charge is 0.383 e. The molecule has 1 aliphatic rings. The minimum absolute atomic E-state index is 0.140. The minimum Gasteiger partial charge on any atom is -0.383 e. The Morgan fingerprint density at radius 2 is 1.95 bits per heavy atom. The molecule has 0 amide bonds. The van der Waals surface area contributed by atoms with Crippen molar-refractivity contribution < 1.29 is 13.2 Å².